The van der Waals surface area contributed by atoms with E-state index in [1.807, 2.05) is 12.1 Å². The minimum atomic E-state index is -0.127. The van der Waals surface area contributed by atoms with Crippen LogP contribution in [0.2, 0.25) is 0 Å². The Morgan fingerprint density at radius 2 is 1.64 bits per heavy atom. The van der Waals surface area contributed by atoms with Crippen LogP contribution in [0, 0.1) is 0 Å². The summed E-state index contributed by atoms with van der Waals surface area (Å²) in [5.41, 5.74) is 4.16. The van der Waals surface area contributed by atoms with E-state index >= 15 is 0 Å². The van der Waals surface area contributed by atoms with E-state index in [2.05, 4.69) is 9.88 Å². The number of pyridine rings is 1. The molecule has 0 bridgehead atoms. The number of hydrogen-bond donors (Lipinski definition) is 0. The predicted octanol–water partition coefficient (Wildman–Crippen LogP) is 2.34. The summed E-state index contributed by atoms with van der Waals surface area (Å²) < 4.78 is 0. The molecule has 22 heavy (non-hydrogen) atoms. The molecule has 5 rings (SSSR count). The maximum absolute atomic E-state index is 12.7. The molecule has 108 valence electrons. The van der Waals surface area contributed by atoms with Gasteiger partial charge in [0, 0.05) is 36.5 Å². The molecule has 0 unspecified atom stereocenters. The fourth-order valence-electron chi connectivity index (χ4n) is 3.59. The molecule has 1 aromatic carbocycles. The first-order valence-corrected chi connectivity index (χ1v) is 7.66. The SMILES string of the molecule is O=C1c2cc3c(cc2C(=O)c2ncccc21)CN(C1CC1)C3. The molecule has 0 amide bonds. The Hall–Kier alpha value is -2.33. The summed E-state index contributed by atoms with van der Waals surface area (Å²) >= 11 is 0. The van der Waals surface area contributed by atoms with Crippen LogP contribution in [0.5, 0.6) is 0 Å². The molecule has 0 saturated heterocycles. The number of aromatic nitrogens is 1. The second-order valence-electron chi connectivity index (χ2n) is 6.36. The van der Waals surface area contributed by atoms with Gasteiger partial charge in [-0.25, -0.2) is 0 Å². The van der Waals surface area contributed by atoms with Crippen molar-refractivity contribution in [1.29, 1.82) is 0 Å². The van der Waals surface area contributed by atoms with Gasteiger partial charge in [-0.05, 0) is 48.2 Å². The van der Waals surface area contributed by atoms with Crippen molar-refractivity contribution in [3.8, 4) is 0 Å². The highest BCUT2D eigenvalue weighted by Crippen LogP contribution is 2.37. The Morgan fingerprint density at radius 1 is 0.955 bits per heavy atom. The fraction of sp³-hybridized carbons (Fsp3) is 0.278. The Bertz CT molecular complexity index is 788. The maximum Gasteiger partial charge on any atom is 0.212 e. The van der Waals surface area contributed by atoms with E-state index in [1.54, 1.807) is 18.3 Å². The zero-order valence-corrected chi connectivity index (χ0v) is 12.0. The molecule has 0 N–H and O–H groups in total. The molecule has 4 nitrogen and oxygen atoms in total. The van der Waals surface area contributed by atoms with Gasteiger partial charge < -0.3 is 0 Å². The summed E-state index contributed by atoms with van der Waals surface area (Å²) in [4.78, 5) is 31.9. The first kappa shape index (κ1) is 12.2. The topological polar surface area (TPSA) is 50.3 Å². The number of benzene rings is 1. The zero-order valence-electron chi connectivity index (χ0n) is 12.0. The van der Waals surface area contributed by atoms with Crippen LogP contribution >= 0.6 is 0 Å². The predicted molar refractivity (Wildman–Crippen MR) is 79.8 cm³/mol. The highest BCUT2D eigenvalue weighted by atomic mass is 16.1. The molecule has 2 aromatic rings. The molecule has 4 heteroatoms. The standard InChI is InChI=1S/C18H14N2O2/c21-17-13-2-1-5-19-16(13)18(22)15-7-11-9-20(12-3-4-12)8-10(11)6-14(15)17/h1-2,5-7,12H,3-4,8-9H2. The third-order valence-electron chi connectivity index (χ3n) is 4.91. The van der Waals surface area contributed by atoms with Crippen LogP contribution in [0.15, 0.2) is 30.5 Å². The van der Waals surface area contributed by atoms with E-state index in [1.165, 1.54) is 24.0 Å². The van der Waals surface area contributed by atoms with Gasteiger partial charge in [-0.3, -0.25) is 19.5 Å². The lowest BCUT2D eigenvalue weighted by Gasteiger charge is -2.17. The van der Waals surface area contributed by atoms with Gasteiger partial charge in [-0.1, -0.05) is 0 Å². The highest BCUT2D eigenvalue weighted by Gasteiger charge is 2.36. The second kappa shape index (κ2) is 4.11. The van der Waals surface area contributed by atoms with Crippen LogP contribution in [0.25, 0.3) is 0 Å². The van der Waals surface area contributed by atoms with Gasteiger partial charge in [0.05, 0.1) is 5.56 Å². The number of hydrogen-bond acceptors (Lipinski definition) is 4. The van der Waals surface area contributed by atoms with E-state index in [9.17, 15) is 9.59 Å². The number of nitrogens with zero attached hydrogens (tertiary/aromatic N) is 2. The summed E-state index contributed by atoms with van der Waals surface area (Å²) in [6, 6.07) is 7.94. The van der Waals surface area contributed by atoms with Crippen molar-refractivity contribution >= 4 is 11.6 Å². The molecule has 0 spiro atoms. The average molecular weight is 290 g/mol. The van der Waals surface area contributed by atoms with Gasteiger partial charge in [-0.15, -0.1) is 0 Å². The number of ketones is 2. The van der Waals surface area contributed by atoms with Crippen molar-refractivity contribution in [2.45, 2.75) is 32.0 Å². The summed E-state index contributed by atoms with van der Waals surface area (Å²) in [5, 5.41) is 0. The van der Waals surface area contributed by atoms with E-state index < -0.39 is 0 Å². The first-order valence-electron chi connectivity index (χ1n) is 7.66. The van der Waals surface area contributed by atoms with Crippen LogP contribution in [-0.2, 0) is 13.1 Å². The quantitative estimate of drug-likeness (QED) is 0.690. The molecule has 2 heterocycles. The molecule has 2 aliphatic carbocycles. The number of carbonyl (C=O) groups excluding carboxylic acids is 2. The lowest BCUT2D eigenvalue weighted by atomic mass is 9.85. The molecule has 0 radical (unpaired) electrons. The number of rotatable bonds is 1. The lowest BCUT2D eigenvalue weighted by Crippen LogP contribution is -2.22. The maximum atomic E-state index is 12.7. The molecule has 1 saturated carbocycles. The lowest BCUT2D eigenvalue weighted by molar-refractivity contribution is 0.0975. The fourth-order valence-corrected chi connectivity index (χ4v) is 3.59. The molecule has 1 aliphatic heterocycles. The summed E-state index contributed by atoms with van der Waals surface area (Å²) in [6.07, 6.45) is 4.10. The van der Waals surface area contributed by atoms with Gasteiger partial charge in [0.25, 0.3) is 0 Å². The molecule has 1 aromatic heterocycles. The third-order valence-corrected chi connectivity index (χ3v) is 4.91. The molecular formula is C18H14N2O2. The Morgan fingerprint density at radius 3 is 2.32 bits per heavy atom. The van der Waals surface area contributed by atoms with E-state index in [4.69, 9.17) is 0 Å². The normalized spacial score (nSPS) is 19.8. The van der Waals surface area contributed by atoms with Crippen LogP contribution in [0.3, 0.4) is 0 Å². The van der Waals surface area contributed by atoms with Crippen molar-refractivity contribution in [3.05, 3.63) is 64.0 Å². The molecule has 3 aliphatic rings. The average Bonchev–Trinajstić information content (AvgIpc) is 3.31. The van der Waals surface area contributed by atoms with Crippen LogP contribution in [0.4, 0.5) is 0 Å². The van der Waals surface area contributed by atoms with Crippen molar-refractivity contribution in [2.75, 3.05) is 0 Å². The number of carbonyl (C=O) groups is 2. The Balaban J connectivity index is 1.65. The first-order chi connectivity index (χ1) is 10.7. The second-order valence-corrected chi connectivity index (χ2v) is 6.36. The van der Waals surface area contributed by atoms with Gasteiger partial charge in [0.15, 0.2) is 5.78 Å². The largest absolute Gasteiger partial charge is 0.292 e. The van der Waals surface area contributed by atoms with E-state index in [0.717, 1.165) is 13.1 Å². The Kier molecular flexibility index (Phi) is 2.29. The van der Waals surface area contributed by atoms with Crippen molar-refractivity contribution < 1.29 is 9.59 Å². The van der Waals surface area contributed by atoms with Gasteiger partial charge in [-0.2, -0.15) is 0 Å². The summed E-state index contributed by atoms with van der Waals surface area (Å²) in [6.45, 7) is 1.79. The minimum Gasteiger partial charge on any atom is -0.292 e. The zero-order chi connectivity index (χ0) is 14.8. The number of fused-ring (bicyclic) bond motifs is 3. The Labute approximate surface area is 127 Å². The highest BCUT2D eigenvalue weighted by molar-refractivity contribution is 6.27. The van der Waals surface area contributed by atoms with Crippen molar-refractivity contribution in [1.82, 2.24) is 9.88 Å². The van der Waals surface area contributed by atoms with Crippen LogP contribution < -0.4 is 0 Å². The van der Waals surface area contributed by atoms with E-state index in [-0.39, 0.29) is 17.3 Å². The summed E-state index contributed by atoms with van der Waals surface area (Å²) in [5.74, 6) is -0.205. The third kappa shape index (κ3) is 1.58. The van der Waals surface area contributed by atoms with Crippen molar-refractivity contribution in [3.63, 3.8) is 0 Å². The van der Waals surface area contributed by atoms with Gasteiger partial charge in [0.2, 0.25) is 5.78 Å². The van der Waals surface area contributed by atoms with Crippen molar-refractivity contribution in [2.24, 2.45) is 0 Å². The van der Waals surface area contributed by atoms with Crippen LogP contribution in [0.1, 0.15) is 55.9 Å². The molecule has 0 atom stereocenters. The molecular weight excluding hydrogens is 276 g/mol. The smallest absolute Gasteiger partial charge is 0.212 e. The monoisotopic (exact) mass is 290 g/mol. The van der Waals surface area contributed by atoms with E-state index in [0.29, 0.717) is 22.7 Å². The molecule has 1 fully saturated rings. The minimum absolute atomic E-state index is 0.0784. The van der Waals surface area contributed by atoms with Gasteiger partial charge in [0.1, 0.15) is 5.69 Å². The van der Waals surface area contributed by atoms with Gasteiger partial charge >= 0.3 is 0 Å². The summed E-state index contributed by atoms with van der Waals surface area (Å²) in [7, 11) is 0. The van der Waals surface area contributed by atoms with Crippen LogP contribution in [-0.4, -0.2) is 27.5 Å².